The predicted octanol–water partition coefficient (Wildman–Crippen LogP) is 1.76. The molecule has 0 fully saturated rings. The topological polar surface area (TPSA) is 59.7 Å². The second kappa shape index (κ2) is 30.6. The molecule has 12 heavy (non-hydrogen) atoms. The molecule has 0 unspecified atom stereocenters. The maximum Gasteiger partial charge on any atom is 0 e. The van der Waals surface area contributed by atoms with Crippen LogP contribution in [0.15, 0.2) is 21.8 Å². The van der Waals surface area contributed by atoms with Crippen molar-refractivity contribution in [3.8, 4) is 0 Å². The van der Waals surface area contributed by atoms with Gasteiger partial charge in [-0.25, -0.2) is 0 Å². The quantitative estimate of drug-likeness (QED) is 0.283. The Balaban J connectivity index is -0.0000000406. The van der Waals surface area contributed by atoms with E-state index in [4.69, 9.17) is 14.0 Å². The van der Waals surface area contributed by atoms with Gasteiger partial charge >= 0.3 is 33.9 Å². The Morgan fingerprint density at radius 3 is 1.17 bits per heavy atom. The van der Waals surface area contributed by atoms with Gasteiger partial charge in [-0.15, -0.1) is 0 Å². The third kappa shape index (κ3) is 22.5. The van der Waals surface area contributed by atoms with Gasteiger partial charge in [-0.1, -0.05) is 6.08 Å². The van der Waals surface area contributed by atoms with Gasteiger partial charge in [-0.3, -0.25) is 0 Å². The fraction of sp³-hybridized carbons (Fsp3) is 0. The number of hydrogen-bond acceptors (Lipinski definition) is 0. The van der Waals surface area contributed by atoms with E-state index in [1.165, 1.54) is 3.58 Å². The molecule has 5 heteroatoms. The monoisotopic (exact) mass is 318 g/mol. The molecule has 0 N–H and O–H groups in total. The van der Waals surface area contributed by atoms with E-state index in [1.807, 2.05) is 6.08 Å². The molecule has 0 radical (unpaired) electrons. The molecule has 0 bridgehead atoms. The summed E-state index contributed by atoms with van der Waals surface area (Å²) >= 11 is 2.27. The van der Waals surface area contributed by atoms with Crippen molar-refractivity contribution in [3.63, 3.8) is 0 Å². The zero-order valence-corrected chi connectivity index (χ0v) is 8.95. The van der Waals surface area contributed by atoms with Crippen molar-refractivity contribution in [1.82, 2.24) is 0 Å². The third-order valence-electron chi connectivity index (χ3n) is 0.511. The first-order valence-electron chi connectivity index (χ1n) is 2.05. The fourth-order valence-electron chi connectivity index (χ4n) is 0.169. The molecule has 0 saturated carbocycles. The Morgan fingerprint density at radius 1 is 1.00 bits per heavy atom. The van der Waals surface area contributed by atoms with Gasteiger partial charge in [0.15, 0.2) is 0 Å². The fourth-order valence-corrected chi connectivity index (χ4v) is 0.584. The van der Waals surface area contributed by atoms with Crippen LogP contribution in [0, 0.1) is 20.0 Å². The minimum Gasteiger partial charge on any atom is 0 e. The van der Waals surface area contributed by atoms with Crippen LogP contribution in [0.3, 0.4) is 0 Å². The second-order valence-electron chi connectivity index (χ2n) is 0.911. The van der Waals surface area contributed by atoms with Gasteiger partial charge in [-0.2, -0.15) is 0 Å². The second-order valence-corrected chi connectivity index (χ2v) is 2.16. The van der Waals surface area contributed by atoms with Crippen molar-refractivity contribution in [3.05, 3.63) is 41.8 Å². The average Bonchev–Trinajstić information content (AvgIpc) is 2.12. The van der Waals surface area contributed by atoms with Crippen LogP contribution < -0.4 is 0 Å². The smallest absolute Gasteiger partial charge is 0 e. The first kappa shape index (κ1) is 22.7. The van der Waals surface area contributed by atoms with Gasteiger partial charge in [0.05, 0.1) is 0 Å². The normalized spacial score (nSPS) is 7.75. The Morgan fingerprint density at radius 2 is 1.17 bits per heavy atom. The molecule has 1 aliphatic carbocycles. The zero-order valence-electron chi connectivity index (χ0n) is 5.69. The van der Waals surface area contributed by atoms with Crippen molar-refractivity contribution in [2.75, 3.05) is 0 Å². The maximum atomic E-state index is 7.50. The minimum atomic E-state index is 0. The van der Waals surface area contributed by atoms with Crippen LogP contribution in [0.25, 0.3) is 0 Å². The molecule has 0 aliphatic heterocycles. The van der Waals surface area contributed by atoms with Crippen LogP contribution in [-0.2, 0) is 31.0 Å². The summed E-state index contributed by atoms with van der Waals surface area (Å²) in [6.07, 6.45) is 6.17. The van der Waals surface area contributed by atoms with Crippen LogP contribution in [0.5, 0.6) is 0 Å². The third-order valence-corrected chi connectivity index (χ3v) is 1.23. The first-order valence-corrected chi connectivity index (χ1v) is 3.12. The number of hydrogen-bond donors (Lipinski definition) is 0. The Hall–Kier alpha value is -0.0505. The summed E-state index contributed by atoms with van der Waals surface area (Å²) in [4.78, 5) is 0. The Kier molecular flexibility index (Phi) is 57.9. The van der Waals surface area contributed by atoms with E-state index in [0.29, 0.717) is 0 Å². The van der Waals surface area contributed by atoms with E-state index < -0.39 is 0 Å². The molecule has 0 aromatic carbocycles. The summed E-state index contributed by atoms with van der Waals surface area (Å²) in [6.45, 7) is 13.5. The van der Waals surface area contributed by atoms with Crippen molar-refractivity contribution < 1.29 is 31.0 Å². The van der Waals surface area contributed by atoms with E-state index in [9.17, 15) is 0 Å². The van der Waals surface area contributed by atoms with E-state index in [-0.39, 0.29) is 17.1 Å². The number of rotatable bonds is 0. The molecule has 3 nitrogen and oxygen atoms in total. The van der Waals surface area contributed by atoms with Gasteiger partial charge in [0.2, 0.25) is 0 Å². The van der Waals surface area contributed by atoms with Crippen LogP contribution in [0.2, 0.25) is 0 Å². The molecule has 0 atom stereocenters. The molecule has 0 heterocycles. The molecule has 64 valence electrons. The van der Waals surface area contributed by atoms with Gasteiger partial charge in [0.25, 0.3) is 0 Å². The van der Waals surface area contributed by atoms with Crippen LogP contribution >= 0.6 is 22.6 Å². The standard InChI is InChI=1S/C4H3I.3CO.Fe/c5-4-2-1-3-4;3*1-2;/h1-3H;;;;. The predicted molar refractivity (Wildman–Crippen MR) is 43.0 cm³/mol. The molecule has 0 saturated heterocycles. The van der Waals surface area contributed by atoms with Crippen molar-refractivity contribution in [2.24, 2.45) is 0 Å². The summed E-state index contributed by atoms with van der Waals surface area (Å²) in [7, 11) is 0. The van der Waals surface area contributed by atoms with Gasteiger partial charge < -0.3 is 0 Å². The summed E-state index contributed by atoms with van der Waals surface area (Å²) in [6, 6.07) is 0. The largest absolute Gasteiger partial charge is 0 e. The van der Waals surface area contributed by atoms with Crippen molar-refractivity contribution in [1.29, 1.82) is 0 Å². The van der Waals surface area contributed by atoms with Crippen LogP contribution in [0.1, 0.15) is 0 Å². The summed E-state index contributed by atoms with van der Waals surface area (Å²) in [5.41, 5.74) is 0. The van der Waals surface area contributed by atoms with Crippen molar-refractivity contribution >= 4 is 22.6 Å². The van der Waals surface area contributed by atoms with Gasteiger partial charge in [-0.05, 0) is 34.7 Å². The summed E-state index contributed by atoms with van der Waals surface area (Å²) in [5.74, 6) is 0. The molecule has 0 aromatic heterocycles. The van der Waals surface area contributed by atoms with E-state index in [1.54, 1.807) is 0 Å². The molecule has 0 amide bonds. The van der Waals surface area contributed by atoms with E-state index in [2.05, 4.69) is 54.7 Å². The van der Waals surface area contributed by atoms with E-state index in [0.717, 1.165) is 0 Å². The van der Waals surface area contributed by atoms with Gasteiger partial charge in [0, 0.05) is 20.6 Å². The van der Waals surface area contributed by atoms with Crippen LogP contribution in [-0.4, -0.2) is 0 Å². The maximum absolute atomic E-state index is 7.50. The van der Waals surface area contributed by atoms with Gasteiger partial charge in [0.1, 0.15) is 0 Å². The van der Waals surface area contributed by atoms with E-state index >= 15 is 0 Å². The Bertz CT molecular complexity index is 176. The summed E-state index contributed by atoms with van der Waals surface area (Å²) < 4.78 is 23.8. The Labute approximate surface area is 95.1 Å². The SMILES string of the molecule is IC1=CC=C1.[C-]#[O+].[C-]#[O+].[C-]#[O+].[Fe]. The average molecular weight is 318 g/mol. The molecular weight excluding hydrogens is 315 g/mol. The zero-order chi connectivity index (χ0) is 9.70. The molecular formula is C7H3FeIO3. The number of allylic oxidation sites excluding steroid dienone is 4. The minimum absolute atomic E-state index is 0. The molecule has 0 spiro atoms. The summed E-state index contributed by atoms with van der Waals surface area (Å²) in [5, 5.41) is 0. The van der Waals surface area contributed by atoms with Crippen molar-refractivity contribution in [2.45, 2.75) is 0 Å². The molecule has 1 rings (SSSR count). The molecule has 0 aromatic rings. The first-order chi connectivity index (χ1) is 5.39. The molecule has 1 aliphatic rings. The van der Waals surface area contributed by atoms with Crippen LogP contribution in [0.4, 0.5) is 0 Å². The number of halogens is 1.